The zero-order valence-electron chi connectivity index (χ0n) is 12.2. The molecule has 0 saturated heterocycles. The summed E-state index contributed by atoms with van der Waals surface area (Å²) in [7, 11) is 0. The van der Waals surface area contributed by atoms with E-state index >= 15 is 0 Å². The Morgan fingerprint density at radius 3 is 2.65 bits per heavy atom. The van der Waals surface area contributed by atoms with Crippen molar-refractivity contribution in [2.75, 3.05) is 18.1 Å². The van der Waals surface area contributed by atoms with Crippen LogP contribution in [0, 0.1) is 0 Å². The highest BCUT2D eigenvalue weighted by atomic mass is 32.2. The van der Waals surface area contributed by atoms with Crippen LogP contribution in [-0.2, 0) is 0 Å². The summed E-state index contributed by atoms with van der Waals surface area (Å²) in [6.45, 7) is 4.93. The minimum atomic E-state index is -0.450. The van der Waals surface area contributed by atoms with Gasteiger partial charge in [0.1, 0.15) is 0 Å². The molecular formula is C17H23NOS. The zero-order chi connectivity index (χ0) is 14.4. The lowest BCUT2D eigenvalue weighted by Gasteiger charge is -2.17. The van der Waals surface area contributed by atoms with Gasteiger partial charge in [0.2, 0.25) is 0 Å². The van der Waals surface area contributed by atoms with E-state index in [0.29, 0.717) is 12.6 Å². The summed E-state index contributed by atoms with van der Waals surface area (Å²) in [6, 6.07) is 14.8. The van der Waals surface area contributed by atoms with Crippen LogP contribution in [0.1, 0.15) is 25.5 Å². The number of thioether (sulfide) groups is 1. The molecule has 2 unspecified atom stereocenters. The highest BCUT2D eigenvalue weighted by Gasteiger charge is 2.09. The number of benzene rings is 2. The molecule has 2 atom stereocenters. The Morgan fingerprint density at radius 1 is 1.15 bits per heavy atom. The molecule has 0 bridgehead atoms. The molecule has 0 aromatic heterocycles. The molecule has 0 spiro atoms. The SMILES string of the molecule is CCSCC(C)NCC(O)c1ccc2ccccc2c1. The summed E-state index contributed by atoms with van der Waals surface area (Å²) in [4.78, 5) is 0. The summed E-state index contributed by atoms with van der Waals surface area (Å²) in [5, 5.41) is 16.1. The second-order valence-electron chi connectivity index (χ2n) is 5.09. The van der Waals surface area contributed by atoms with Crippen LogP contribution in [0.25, 0.3) is 10.8 Å². The van der Waals surface area contributed by atoms with E-state index in [1.807, 2.05) is 30.0 Å². The monoisotopic (exact) mass is 289 g/mol. The van der Waals surface area contributed by atoms with Crippen LogP contribution in [0.2, 0.25) is 0 Å². The average Bonchev–Trinajstić information content (AvgIpc) is 2.50. The minimum Gasteiger partial charge on any atom is -0.387 e. The first-order valence-corrected chi connectivity index (χ1v) is 8.34. The van der Waals surface area contributed by atoms with Crippen LogP contribution >= 0.6 is 11.8 Å². The minimum absolute atomic E-state index is 0.426. The van der Waals surface area contributed by atoms with Crippen LogP contribution in [0.4, 0.5) is 0 Å². The molecule has 0 radical (unpaired) electrons. The summed E-state index contributed by atoms with van der Waals surface area (Å²) in [6.07, 6.45) is -0.450. The topological polar surface area (TPSA) is 32.3 Å². The molecule has 2 aromatic carbocycles. The number of hydrogen-bond donors (Lipinski definition) is 2. The third-order valence-corrected chi connectivity index (χ3v) is 4.53. The van der Waals surface area contributed by atoms with Crippen molar-refractivity contribution in [3.8, 4) is 0 Å². The fourth-order valence-electron chi connectivity index (χ4n) is 2.20. The van der Waals surface area contributed by atoms with Gasteiger partial charge in [0.15, 0.2) is 0 Å². The quantitative estimate of drug-likeness (QED) is 0.817. The number of nitrogens with one attached hydrogen (secondary N) is 1. The molecule has 3 heteroatoms. The van der Waals surface area contributed by atoms with Gasteiger partial charge < -0.3 is 10.4 Å². The second kappa shape index (κ2) is 7.67. The predicted molar refractivity (Wildman–Crippen MR) is 89.4 cm³/mol. The van der Waals surface area contributed by atoms with Crippen LogP contribution in [0.5, 0.6) is 0 Å². The van der Waals surface area contributed by atoms with Crippen molar-refractivity contribution < 1.29 is 5.11 Å². The predicted octanol–water partition coefficient (Wildman–Crippen LogP) is 3.60. The summed E-state index contributed by atoms with van der Waals surface area (Å²) in [5.74, 6) is 2.22. The third kappa shape index (κ3) is 4.23. The Morgan fingerprint density at radius 2 is 1.90 bits per heavy atom. The van der Waals surface area contributed by atoms with Crippen molar-refractivity contribution in [3.05, 3.63) is 48.0 Å². The standard InChI is InChI=1S/C17H23NOS/c1-3-20-12-13(2)18-11-17(19)16-9-8-14-6-4-5-7-15(14)10-16/h4-10,13,17-19H,3,11-12H2,1-2H3. The molecule has 108 valence electrons. The first kappa shape index (κ1) is 15.4. The number of hydrogen-bond acceptors (Lipinski definition) is 3. The lowest BCUT2D eigenvalue weighted by Crippen LogP contribution is -2.32. The number of aliphatic hydroxyl groups excluding tert-OH is 1. The van der Waals surface area contributed by atoms with Gasteiger partial charge in [0.05, 0.1) is 6.10 Å². The molecule has 0 aliphatic heterocycles. The lowest BCUT2D eigenvalue weighted by molar-refractivity contribution is 0.172. The van der Waals surface area contributed by atoms with Crippen LogP contribution in [0.3, 0.4) is 0 Å². The first-order valence-electron chi connectivity index (χ1n) is 7.18. The molecule has 0 heterocycles. The molecule has 2 nitrogen and oxygen atoms in total. The van der Waals surface area contributed by atoms with Gasteiger partial charge in [-0.25, -0.2) is 0 Å². The van der Waals surface area contributed by atoms with E-state index in [0.717, 1.165) is 17.1 Å². The van der Waals surface area contributed by atoms with E-state index in [4.69, 9.17) is 0 Å². The molecule has 0 saturated carbocycles. The Bertz CT molecular complexity index is 543. The number of aliphatic hydroxyl groups is 1. The largest absolute Gasteiger partial charge is 0.387 e. The smallest absolute Gasteiger partial charge is 0.0914 e. The van der Waals surface area contributed by atoms with Gasteiger partial charge in [0.25, 0.3) is 0 Å². The molecule has 0 fully saturated rings. The maximum atomic E-state index is 10.3. The van der Waals surface area contributed by atoms with Crippen LogP contribution in [-0.4, -0.2) is 29.2 Å². The molecule has 2 rings (SSSR count). The molecule has 2 aromatic rings. The molecule has 0 aliphatic rings. The summed E-state index contributed by atoms with van der Waals surface area (Å²) >= 11 is 1.92. The van der Waals surface area contributed by atoms with Crippen molar-refractivity contribution in [2.24, 2.45) is 0 Å². The van der Waals surface area contributed by atoms with Crippen molar-refractivity contribution in [2.45, 2.75) is 26.0 Å². The van der Waals surface area contributed by atoms with E-state index < -0.39 is 6.10 Å². The van der Waals surface area contributed by atoms with E-state index in [1.165, 1.54) is 10.8 Å². The van der Waals surface area contributed by atoms with E-state index in [2.05, 4.69) is 43.4 Å². The Hall–Kier alpha value is -1.03. The Kier molecular flexibility index (Phi) is 5.89. The Balaban J connectivity index is 1.95. The normalized spacial score (nSPS) is 14.3. The van der Waals surface area contributed by atoms with E-state index in [9.17, 15) is 5.11 Å². The van der Waals surface area contributed by atoms with Gasteiger partial charge in [-0.3, -0.25) is 0 Å². The molecular weight excluding hydrogens is 266 g/mol. The third-order valence-electron chi connectivity index (χ3n) is 3.39. The number of rotatable bonds is 7. The fraction of sp³-hybridized carbons (Fsp3) is 0.412. The van der Waals surface area contributed by atoms with E-state index in [-0.39, 0.29) is 0 Å². The highest BCUT2D eigenvalue weighted by Crippen LogP contribution is 2.20. The fourth-order valence-corrected chi connectivity index (χ4v) is 2.91. The maximum Gasteiger partial charge on any atom is 0.0914 e. The van der Waals surface area contributed by atoms with Gasteiger partial charge in [-0.05, 0) is 35.1 Å². The van der Waals surface area contributed by atoms with Gasteiger partial charge in [-0.2, -0.15) is 11.8 Å². The molecule has 20 heavy (non-hydrogen) atoms. The highest BCUT2D eigenvalue weighted by molar-refractivity contribution is 7.99. The van der Waals surface area contributed by atoms with Crippen molar-refractivity contribution in [3.63, 3.8) is 0 Å². The van der Waals surface area contributed by atoms with Crippen molar-refractivity contribution >= 4 is 22.5 Å². The zero-order valence-corrected chi connectivity index (χ0v) is 13.0. The Labute approximate surface area is 125 Å². The first-order chi connectivity index (χ1) is 9.70. The lowest BCUT2D eigenvalue weighted by atomic mass is 10.0. The number of fused-ring (bicyclic) bond motifs is 1. The van der Waals surface area contributed by atoms with E-state index in [1.54, 1.807) is 0 Å². The van der Waals surface area contributed by atoms with Crippen LogP contribution < -0.4 is 5.32 Å². The second-order valence-corrected chi connectivity index (χ2v) is 6.41. The van der Waals surface area contributed by atoms with Gasteiger partial charge in [0, 0.05) is 18.3 Å². The molecule has 2 N–H and O–H groups in total. The van der Waals surface area contributed by atoms with Gasteiger partial charge in [-0.1, -0.05) is 43.3 Å². The average molecular weight is 289 g/mol. The summed E-state index contributed by atoms with van der Waals surface area (Å²) in [5.41, 5.74) is 0.978. The van der Waals surface area contributed by atoms with Gasteiger partial charge >= 0.3 is 0 Å². The summed E-state index contributed by atoms with van der Waals surface area (Å²) < 4.78 is 0. The van der Waals surface area contributed by atoms with Crippen molar-refractivity contribution in [1.82, 2.24) is 5.32 Å². The van der Waals surface area contributed by atoms with Crippen LogP contribution in [0.15, 0.2) is 42.5 Å². The van der Waals surface area contributed by atoms with Gasteiger partial charge in [-0.15, -0.1) is 0 Å². The van der Waals surface area contributed by atoms with Crippen molar-refractivity contribution in [1.29, 1.82) is 0 Å². The molecule has 0 amide bonds. The maximum absolute atomic E-state index is 10.3. The molecule has 0 aliphatic carbocycles.